The number of nitrogens with one attached hydrogen (secondary N) is 1. The van der Waals surface area contributed by atoms with Crippen LogP contribution in [0.3, 0.4) is 0 Å². The monoisotopic (exact) mass is 249 g/mol. The van der Waals surface area contributed by atoms with Crippen LogP contribution in [-0.2, 0) is 11.2 Å². The summed E-state index contributed by atoms with van der Waals surface area (Å²) in [5, 5.41) is 3.42. The molecule has 1 rings (SSSR count). The van der Waals surface area contributed by atoms with Crippen LogP contribution in [-0.4, -0.2) is 26.8 Å². The first-order valence-electron chi connectivity index (χ1n) is 6.96. The van der Waals surface area contributed by atoms with Gasteiger partial charge in [0.2, 0.25) is 0 Å². The maximum Gasteiger partial charge on any atom is 0.0488 e. The van der Waals surface area contributed by atoms with Gasteiger partial charge in [-0.2, -0.15) is 0 Å². The Morgan fingerprint density at radius 3 is 2.56 bits per heavy atom. The van der Waals surface area contributed by atoms with Crippen LogP contribution in [0.4, 0.5) is 0 Å². The number of ether oxygens (including phenoxy) is 1. The van der Waals surface area contributed by atoms with Gasteiger partial charge in [0.25, 0.3) is 0 Å². The summed E-state index contributed by atoms with van der Waals surface area (Å²) in [7, 11) is 3.84. The van der Waals surface area contributed by atoms with Crippen molar-refractivity contribution in [3.05, 3.63) is 35.9 Å². The van der Waals surface area contributed by atoms with Gasteiger partial charge in [-0.3, -0.25) is 0 Å². The first kappa shape index (κ1) is 15.2. The van der Waals surface area contributed by atoms with Gasteiger partial charge in [0.1, 0.15) is 0 Å². The van der Waals surface area contributed by atoms with Gasteiger partial charge in [-0.1, -0.05) is 37.3 Å². The Morgan fingerprint density at radius 1 is 1.22 bits per heavy atom. The molecule has 0 heterocycles. The standard InChI is InChI=1S/C16H27NO/c1-14(13-18-3)12-16(17-2)11-7-10-15-8-5-4-6-9-15/h4-6,8-9,14,16-17H,7,10-13H2,1-3H3. The molecule has 1 aromatic rings. The molecule has 0 fully saturated rings. The topological polar surface area (TPSA) is 21.3 Å². The Labute approximate surface area is 112 Å². The fourth-order valence-corrected chi connectivity index (χ4v) is 2.42. The Balaban J connectivity index is 2.23. The molecule has 0 saturated heterocycles. The molecule has 0 bridgehead atoms. The van der Waals surface area contributed by atoms with Gasteiger partial charge < -0.3 is 10.1 Å². The molecule has 0 aliphatic heterocycles. The molecule has 18 heavy (non-hydrogen) atoms. The van der Waals surface area contributed by atoms with Crippen LogP contribution < -0.4 is 5.32 Å². The predicted molar refractivity (Wildman–Crippen MR) is 77.9 cm³/mol. The molecule has 0 aliphatic carbocycles. The van der Waals surface area contributed by atoms with Gasteiger partial charge in [0.05, 0.1) is 0 Å². The Bertz CT molecular complexity index is 299. The van der Waals surface area contributed by atoms with E-state index in [0.717, 1.165) is 6.61 Å². The van der Waals surface area contributed by atoms with Crippen molar-refractivity contribution < 1.29 is 4.74 Å². The zero-order valence-electron chi connectivity index (χ0n) is 12.0. The number of hydrogen-bond acceptors (Lipinski definition) is 2. The quantitative estimate of drug-likeness (QED) is 0.725. The number of aryl methyl sites for hydroxylation is 1. The summed E-state index contributed by atoms with van der Waals surface area (Å²) < 4.78 is 5.20. The van der Waals surface area contributed by atoms with Crippen LogP contribution in [0.15, 0.2) is 30.3 Å². The van der Waals surface area contributed by atoms with Gasteiger partial charge in [-0.15, -0.1) is 0 Å². The van der Waals surface area contributed by atoms with E-state index in [9.17, 15) is 0 Å². The van der Waals surface area contributed by atoms with E-state index in [1.54, 1.807) is 7.11 Å². The van der Waals surface area contributed by atoms with E-state index >= 15 is 0 Å². The molecule has 1 aromatic carbocycles. The second kappa shape index (κ2) is 9.12. The SMILES string of the molecule is CNC(CCCc1ccccc1)CC(C)COC. The second-order valence-electron chi connectivity index (χ2n) is 5.16. The molecular weight excluding hydrogens is 222 g/mol. The van der Waals surface area contributed by atoms with Gasteiger partial charge in [-0.25, -0.2) is 0 Å². The first-order chi connectivity index (χ1) is 8.76. The van der Waals surface area contributed by atoms with E-state index in [0.29, 0.717) is 12.0 Å². The molecule has 0 saturated carbocycles. The highest BCUT2D eigenvalue weighted by molar-refractivity contribution is 5.14. The smallest absolute Gasteiger partial charge is 0.0488 e. The largest absolute Gasteiger partial charge is 0.384 e. The summed E-state index contributed by atoms with van der Waals surface area (Å²) in [6.45, 7) is 3.11. The Morgan fingerprint density at radius 2 is 1.94 bits per heavy atom. The maximum absolute atomic E-state index is 5.20. The normalized spacial score (nSPS) is 14.4. The number of methoxy groups -OCH3 is 1. The lowest BCUT2D eigenvalue weighted by molar-refractivity contribution is 0.149. The van der Waals surface area contributed by atoms with Crippen LogP contribution in [0.5, 0.6) is 0 Å². The van der Waals surface area contributed by atoms with E-state index in [-0.39, 0.29) is 0 Å². The summed E-state index contributed by atoms with van der Waals surface area (Å²) in [6.07, 6.45) is 4.85. The highest BCUT2D eigenvalue weighted by atomic mass is 16.5. The third-order valence-electron chi connectivity index (χ3n) is 3.41. The van der Waals surface area contributed by atoms with Gasteiger partial charge in [0.15, 0.2) is 0 Å². The van der Waals surface area contributed by atoms with Gasteiger partial charge in [0, 0.05) is 19.8 Å². The molecule has 0 amide bonds. The molecule has 0 aromatic heterocycles. The zero-order valence-corrected chi connectivity index (χ0v) is 12.0. The zero-order chi connectivity index (χ0) is 13.2. The van der Waals surface area contributed by atoms with Gasteiger partial charge in [-0.05, 0) is 44.2 Å². The maximum atomic E-state index is 5.20. The third kappa shape index (κ3) is 6.18. The molecule has 2 heteroatoms. The molecule has 0 radical (unpaired) electrons. The highest BCUT2D eigenvalue weighted by Crippen LogP contribution is 2.13. The predicted octanol–water partition coefficient (Wildman–Crippen LogP) is 3.27. The van der Waals surface area contributed by atoms with Crippen molar-refractivity contribution in [2.75, 3.05) is 20.8 Å². The van der Waals surface area contributed by atoms with Crippen LogP contribution in [0.25, 0.3) is 0 Å². The number of hydrogen-bond donors (Lipinski definition) is 1. The van der Waals surface area contributed by atoms with E-state index in [1.807, 2.05) is 0 Å². The van der Waals surface area contributed by atoms with Crippen LogP contribution in [0.1, 0.15) is 31.7 Å². The highest BCUT2D eigenvalue weighted by Gasteiger charge is 2.11. The Hall–Kier alpha value is -0.860. The molecule has 0 spiro atoms. The second-order valence-corrected chi connectivity index (χ2v) is 5.16. The molecular formula is C16H27NO. The summed E-state index contributed by atoms with van der Waals surface area (Å²) in [4.78, 5) is 0. The van der Waals surface area contributed by atoms with Crippen molar-refractivity contribution in [1.82, 2.24) is 5.32 Å². The fourth-order valence-electron chi connectivity index (χ4n) is 2.42. The van der Waals surface area contributed by atoms with Crippen molar-refractivity contribution in [3.63, 3.8) is 0 Å². The molecule has 2 unspecified atom stereocenters. The Kier molecular flexibility index (Phi) is 7.70. The van der Waals surface area contributed by atoms with Crippen molar-refractivity contribution in [2.45, 2.75) is 38.6 Å². The van der Waals surface area contributed by atoms with Crippen LogP contribution >= 0.6 is 0 Å². The van der Waals surface area contributed by atoms with E-state index in [4.69, 9.17) is 4.74 Å². The van der Waals surface area contributed by atoms with Crippen LogP contribution in [0.2, 0.25) is 0 Å². The minimum atomic E-state index is 0.610. The van der Waals surface area contributed by atoms with E-state index in [1.165, 1.54) is 31.2 Å². The summed E-state index contributed by atoms with van der Waals surface area (Å²) in [5.41, 5.74) is 1.44. The number of benzene rings is 1. The molecule has 1 N–H and O–H groups in total. The van der Waals surface area contributed by atoms with E-state index < -0.39 is 0 Å². The van der Waals surface area contributed by atoms with E-state index in [2.05, 4.69) is 49.6 Å². The minimum Gasteiger partial charge on any atom is -0.384 e. The lowest BCUT2D eigenvalue weighted by atomic mass is 9.97. The first-order valence-corrected chi connectivity index (χ1v) is 6.96. The lowest BCUT2D eigenvalue weighted by Crippen LogP contribution is -2.28. The van der Waals surface area contributed by atoms with Crippen molar-refractivity contribution in [3.8, 4) is 0 Å². The lowest BCUT2D eigenvalue weighted by Gasteiger charge is -2.20. The minimum absolute atomic E-state index is 0.610. The molecule has 2 nitrogen and oxygen atoms in total. The van der Waals surface area contributed by atoms with Crippen molar-refractivity contribution in [1.29, 1.82) is 0 Å². The molecule has 0 aliphatic rings. The summed E-state index contributed by atoms with van der Waals surface area (Å²) in [5.74, 6) is 0.629. The summed E-state index contributed by atoms with van der Waals surface area (Å²) >= 11 is 0. The third-order valence-corrected chi connectivity index (χ3v) is 3.41. The van der Waals surface area contributed by atoms with Crippen LogP contribution in [0, 0.1) is 5.92 Å². The average Bonchev–Trinajstić information content (AvgIpc) is 2.39. The van der Waals surface area contributed by atoms with Crippen molar-refractivity contribution in [2.24, 2.45) is 5.92 Å². The fraction of sp³-hybridized carbons (Fsp3) is 0.625. The molecule has 2 atom stereocenters. The number of rotatable bonds is 9. The molecule has 102 valence electrons. The summed E-state index contributed by atoms with van der Waals surface area (Å²) in [6, 6.07) is 11.3. The van der Waals surface area contributed by atoms with Gasteiger partial charge >= 0.3 is 0 Å². The average molecular weight is 249 g/mol. The van der Waals surface area contributed by atoms with Crippen molar-refractivity contribution >= 4 is 0 Å².